The molecule has 0 radical (unpaired) electrons. The zero-order valence-electron chi connectivity index (χ0n) is 19.0. The molecule has 1 aromatic carbocycles. The van der Waals surface area contributed by atoms with E-state index >= 15 is 0 Å². The maximum atomic E-state index is 9.61. The normalized spacial score (nSPS) is 19.3. The highest BCUT2D eigenvalue weighted by Crippen LogP contribution is 2.37. The highest BCUT2D eigenvalue weighted by molar-refractivity contribution is 5.41. The summed E-state index contributed by atoms with van der Waals surface area (Å²) in [5.41, 5.74) is 1.62. The van der Waals surface area contributed by atoms with Gasteiger partial charge in [-0.1, -0.05) is 78.6 Å². The fourth-order valence-corrected chi connectivity index (χ4v) is 4.32. The van der Waals surface area contributed by atoms with Crippen LogP contribution >= 0.6 is 0 Å². The van der Waals surface area contributed by atoms with E-state index in [-0.39, 0.29) is 5.60 Å². The molecule has 0 aromatic heterocycles. The van der Waals surface area contributed by atoms with Gasteiger partial charge in [-0.15, -0.1) is 0 Å². The Morgan fingerprint density at radius 3 is 2.07 bits per heavy atom. The van der Waals surface area contributed by atoms with Crippen molar-refractivity contribution >= 4 is 0 Å². The van der Waals surface area contributed by atoms with Crippen LogP contribution in [0.4, 0.5) is 0 Å². The molecule has 2 heteroatoms. The maximum Gasteiger partial charge on any atom is 0.123 e. The van der Waals surface area contributed by atoms with Gasteiger partial charge >= 0.3 is 0 Å². The molecule has 160 valence electrons. The molecule has 0 saturated heterocycles. The Bertz CT molecular complexity index is 572. The summed E-state index contributed by atoms with van der Waals surface area (Å²) in [4.78, 5) is 0. The van der Waals surface area contributed by atoms with Crippen molar-refractivity contribution in [1.82, 2.24) is 0 Å². The molecule has 0 fully saturated rings. The molecule has 1 aromatic rings. The van der Waals surface area contributed by atoms with Gasteiger partial charge in [-0.05, 0) is 68.2 Å². The van der Waals surface area contributed by atoms with Gasteiger partial charge in [0, 0.05) is 0 Å². The predicted molar refractivity (Wildman–Crippen MR) is 120 cm³/mol. The fraction of sp³-hybridized carbons (Fsp3) is 0.769. The van der Waals surface area contributed by atoms with Crippen LogP contribution < -0.4 is 4.74 Å². The Labute approximate surface area is 174 Å². The van der Waals surface area contributed by atoms with E-state index in [1.54, 1.807) is 6.07 Å². The van der Waals surface area contributed by atoms with Crippen molar-refractivity contribution in [3.8, 4) is 11.5 Å². The van der Waals surface area contributed by atoms with E-state index in [1.807, 2.05) is 12.1 Å². The first kappa shape index (κ1) is 23.1. The number of hydrogen-bond acceptors (Lipinski definition) is 2. The van der Waals surface area contributed by atoms with E-state index < -0.39 is 0 Å². The number of benzene rings is 1. The average Bonchev–Trinajstić information content (AvgIpc) is 2.62. The molecule has 0 aliphatic carbocycles. The third-order valence-electron chi connectivity index (χ3n) is 6.21. The molecule has 1 aliphatic heterocycles. The van der Waals surface area contributed by atoms with E-state index in [0.29, 0.717) is 11.2 Å². The number of ether oxygens (including phenoxy) is 1. The van der Waals surface area contributed by atoms with Crippen LogP contribution in [0.1, 0.15) is 117 Å². The molecule has 1 atom stereocenters. The minimum absolute atomic E-state index is 0.0307. The number of phenolic OH excluding ortho intramolecular Hbond substituents is 1. The fourth-order valence-electron chi connectivity index (χ4n) is 4.32. The summed E-state index contributed by atoms with van der Waals surface area (Å²) in [6.45, 7) is 9.29. The van der Waals surface area contributed by atoms with Crippen molar-refractivity contribution in [2.45, 2.75) is 123 Å². The molecule has 2 nitrogen and oxygen atoms in total. The minimum atomic E-state index is -0.0307. The zero-order valence-corrected chi connectivity index (χ0v) is 19.0. The average molecular weight is 389 g/mol. The third kappa shape index (κ3) is 8.88. The largest absolute Gasteiger partial charge is 0.508 e. The molecular weight excluding hydrogens is 344 g/mol. The molecule has 0 saturated carbocycles. The van der Waals surface area contributed by atoms with Crippen LogP contribution in [0.3, 0.4) is 0 Å². The third-order valence-corrected chi connectivity index (χ3v) is 6.21. The van der Waals surface area contributed by atoms with E-state index in [0.717, 1.165) is 30.6 Å². The van der Waals surface area contributed by atoms with E-state index in [4.69, 9.17) is 4.74 Å². The lowest BCUT2D eigenvalue weighted by Gasteiger charge is -2.36. The summed E-state index contributed by atoms with van der Waals surface area (Å²) in [6, 6.07) is 5.50. The molecule has 0 amide bonds. The number of fused-ring (bicyclic) bond motifs is 1. The quantitative estimate of drug-likeness (QED) is 0.366. The van der Waals surface area contributed by atoms with Gasteiger partial charge in [0.1, 0.15) is 17.1 Å². The lowest BCUT2D eigenvalue weighted by molar-refractivity contribution is 0.0533. The second-order valence-electron chi connectivity index (χ2n) is 10.4. The number of rotatable bonds is 12. The molecule has 28 heavy (non-hydrogen) atoms. The van der Waals surface area contributed by atoms with Gasteiger partial charge in [0.2, 0.25) is 0 Å². The van der Waals surface area contributed by atoms with Crippen molar-refractivity contribution in [3.05, 3.63) is 23.8 Å². The summed E-state index contributed by atoms with van der Waals surface area (Å²) in [5, 5.41) is 9.61. The van der Waals surface area contributed by atoms with Crippen LogP contribution in [-0.2, 0) is 6.42 Å². The maximum absolute atomic E-state index is 9.61. The minimum Gasteiger partial charge on any atom is -0.508 e. The van der Waals surface area contributed by atoms with Gasteiger partial charge in [-0.2, -0.15) is 0 Å². The van der Waals surface area contributed by atoms with Gasteiger partial charge in [-0.25, -0.2) is 0 Å². The summed E-state index contributed by atoms with van der Waals surface area (Å²) in [5.74, 6) is 1.31. The van der Waals surface area contributed by atoms with E-state index in [2.05, 4.69) is 27.7 Å². The Morgan fingerprint density at radius 1 is 0.893 bits per heavy atom. The lowest BCUT2D eigenvalue weighted by atomic mass is 9.88. The van der Waals surface area contributed by atoms with Crippen LogP contribution in [0.2, 0.25) is 0 Å². The van der Waals surface area contributed by atoms with Crippen molar-refractivity contribution in [3.63, 3.8) is 0 Å². The van der Waals surface area contributed by atoms with Crippen molar-refractivity contribution in [2.75, 3.05) is 0 Å². The summed E-state index contributed by atoms with van der Waals surface area (Å²) >= 11 is 0. The SMILES string of the molecule is CC(C)(C)CCCCCCCCCCCCC1(C)CCc2cc(O)ccc2O1. The van der Waals surface area contributed by atoms with Gasteiger partial charge in [0.15, 0.2) is 0 Å². The van der Waals surface area contributed by atoms with Crippen LogP contribution in [0.15, 0.2) is 18.2 Å². The Kier molecular flexibility index (Phi) is 9.18. The van der Waals surface area contributed by atoms with Gasteiger partial charge in [0.05, 0.1) is 0 Å². The van der Waals surface area contributed by atoms with Crippen LogP contribution in [0.5, 0.6) is 11.5 Å². The van der Waals surface area contributed by atoms with Gasteiger partial charge in [-0.3, -0.25) is 0 Å². The van der Waals surface area contributed by atoms with Crippen molar-refractivity contribution in [1.29, 1.82) is 0 Å². The number of unbranched alkanes of at least 4 members (excludes halogenated alkanes) is 9. The smallest absolute Gasteiger partial charge is 0.123 e. The molecule has 0 spiro atoms. The number of hydrogen-bond donors (Lipinski definition) is 1. The Morgan fingerprint density at radius 2 is 1.46 bits per heavy atom. The van der Waals surface area contributed by atoms with E-state index in [1.165, 1.54) is 70.6 Å². The monoisotopic (exact) mass is 388 g/mol. The molecular formula is C26H44O2. The first-order valence-electron chi connectivity index (χ1n) is 11.8. The standard InChI is InChI=1S/C26H44O2/c1-25(2,3)18-13-11-9-7-5-6-8-10-12-14-19-26(4)20-17-22-21-23(27)15-16-24(22)28-26/h15-16,21,27H,5-14,17-20H2,1-4H3. The molecule has 1 unspecified atom stereocenters. The van der Waals surface area contributed by atoms with Crippen LogP contribution in [0.25, 0.3) is 0 Å². The van der Waals surface area contributed by atoms with Gasteiger partial charge < -0.3 is 9.84 Å². The van der Waals surface area contributed by atoms with Crippen molar-refractivity contribution in [2.24, 2.45) is 5.41 Å². The first-order chi connectivity index (χ1) is 13.3. The Hall–Kier alpha value is -1.18. The highest BCUT2D eigenvalue weighted by Gasteiger charge is 2.30. The predicted octanol–water partition coefficient (Wildman–Crippen LogP) is 8.20. The number of aromatic hydroxyl groups is 1. The second-order valence-corrected chi connectivity index (χ2v) is 10.4. The molecule has 1 N–H and O–H groups in total. The zero-order chi connectivity index (χ0) is 20.5. The molecule has 0 bridgehead atoms. The van der Waals surface area contributed by atoms with E-state index in [9.17, 15) is 5.11 Å². The molecule has 2 rings (SSSR count). The lowest BCUT2D eigenvalue weighted by Crippen LogP contribution is -2.36. The summed E-state index contributed by atoms with van der Waals surface area (Å²) in [6.07, 6.45) is 18.4. The number of aryl methyl sites for hydroxylation is 1. The number of phenols is 1. The topological polar surface area (TPSA) is 29.5 Å². The van der Waals surface area contributed by atoms with Crippen LogP contribution in [0, 0.1) is 5.41 Å². The van der Waals surface area contributed by atoms with Crippen molar-refractivity contribution < 1.29 is 9.84 Å². The summed E-state index contributed by atoms with van der Waals surface area (Å²) in [7, 11) is 0. The van der Waals surface area contributed by atoms with Gasteiger partial charge in [0.25, 0.3) is 0 Å². The summed E-state index contributed by atoms with van der Waals surface area (Å²) < 4.78 is 6.28. The Balaban J connectivity index is 1.46. The second kappa shape index (κ2) is 11.1. The molecule has 1 aliphatic rings. The highest BCUT2D eigenvalue weighted by atomic mass is 16.5. The van der Waals surface area contributed by atoms with Crippen LogP contribution in [-0.4, -0.2) is 10.7 Å². The molecule has 1 heterocycles. The first-order valence-corrected chi connectivity index (χ1v) is 11.8.